The molecule has 0 radical (unpaired) electrons. The molecule has 2 aromatic rings. The lowest BCUT2D eigenvalue weighted by Crippen LogP contribution is -2.17. The van der Waals surface area contributed by atoms with Gasteiger partial charge in [0.25, 0.3) is 0 Å². The fourth-order valence-corrected chi connectivity index (χ4v) is 2.56. The molecule has 1 unspecified atom stereocenters. The predicted octanol–water partition coefficient (Wildman–Crippen LogP) is 3.46. The number of nitrogens with two attached hydrogens (primary N) is 1. The number of hydrogen-bond acceptors (Lipinski definition) is 3. The Labute approximate surface area is 116 Å². The average molecular weight is 363 g/mol. The number of hydrogen-bond donors (Lipinski definition) is 1. The number of nitrogens with zero attached hydrogens (tertiary/aromatic N) is 2. The molecule has 2 aromatic heterocycles. The van der Waals surface area contributed by atoms with Crippen molar-refractivity contribution >= 4 is 31.9 Å². The van der Waals surface area contributed by atoms with Crippen LogP contribution in [0.1, 0.15) is 30.8 Å². The van der Waals surface area contributed by atoms with Crippen molar-refractivity contribution in [3.05, 3.63) is 38.9 Å². The summed E-state index contributed by atoms with van der Waals surface area (Å²) in [6.07, 6.45) is 2.78. The summed E-state index contributed by atoms with van der Waals surface area (Å²) in [5.41, 5.74) is 7.14. The minimum Gasteiger partial charge on any atom is -0.452 e. The summed E-state index contributed by atoms with van der Waals surface area (Å²) in [5, 5.41) is 4.30. The lowest BCUT2D eigenvalue weighted by molar-refractivity contribution is 0.452. The second-order valence-electron chi connectivity index (χ2n) is 3.72. The molecule has 0 aliphatic rings. The molecule has 0 aromatic carbocycles. The SMILES string of the molecule is CCCn1ncc(Br)c1C(N)c1ccc(Br)o1. The van der Waals surface area contributed by atoms with Crippen LogP contribution in [0.2, 0.25) is 0 Å². The highest BCUT2D eigenvalue weighted by Gasteiger charge is 2.20. The van der Waals surface area contributed by atoms with Gasteiger partial charge in [-0.1, -0.05) is 6.92 Å². The van der Waals surface area contributed by atoms with Gasteiger partial charge in [0.2, 0.25) is 0 Å². The van der Waals surface area contributed by atoms with E-state index < -0.39 is 0 Å². The minimum atomic E-state index is -0.315. The summed E-state index contributed by atoms with van der Waals surface area (Å²) in [6.45, 7) is 2.95. The molecule has 0 aliphatic carbocycles. The van der Waals surface area contributed by atoms with Crippen molar-refractivity contribution in [1.29, 1.82) is 0 Å². The molecule has 0 saturated heterocycles. The topological polar surface area (TPSA) is 57.0 Å². The molecular weight excluding hydrogens is 350 g/mol. The maximum Gasteiger partial charge on any atom is 0.169 e. The molecule has 1 atom stereocenters. The van der Waals surface area contributed by atoms with Crippen LogP contribution in [-0.4, -0.2) is 9.78 Å². The molecule has 2 heterocycles. The van der Waals surface area contributed by atoms with Crippen molar-refractivity contribution in [1.82, 2.24) is 9.78 Å². The van der Waals surface area contributed by atoms with Crippen molar-refractivity contribution in [3.63, 3.8) is 0 Å². The van der Waals surface area contributed by atoms with Crippen LogP contribution in [0.15, 0.2) is 31.9 Å². The van der Waals surface area contributed by atoms with Crippen LogP contribution in [0.3, 0.4) is 0 Å². The number of aryl methyl sites for hydroxylation is 1. The molecular formula is C11H13Br2N3O. The molecule has 17 heavy (non-hydrogen) atoms. The van der Waals surface area contributed by atoms with E-state index in [2.05, 4.69) is 43.9 Å². The third-order valence-corrected chi connectivity index (χ3v) is 3.50. The van der Waals surface area contributed by atoms with Crippen LogP contribution in [-0.2, 0) is 6.54 Å². The predicted molar refractivity (Wildman–Crippen MR) is 72.7 cm³/mol. The van der Waals surface area contributed by atoms with Gasteiger partial charge in [-0.15, -0.1) is 0 Å². The van der Waals surface area contributed by atoms with E-state index in [4.69, 9.17) is 10.2 Å². The summed E-state index contributed by atoms with van der Waals surface area (Å²) in [4.78, 5) is 0. The zero-order valence-electron chi connectivity index (χ0n) is 9.36. The third-order valence-electron chi connectivity index (χ3n) is 2.46. The highest BCUT2D eigenvalue weighted by atomic mass is 79.9. The monoisotopic (exact) mass is 361 g/mol. The van der Waals surface area contributed by atoms with Gasteiger partial charge in [0, 0.05) is 6.54 Å². The Kier molecular flexibility index (Phi) is 4.06. The summed E-state index contributed by atoms with van der Waals surface area (Å²) < 4.78 is 8.98. The second kappa shape index (κ2) is 5.37. The van der Waals surface area contributed by atoms with Gasteiger partial charge >= 0.3 is 0 Å². The molecule has 2 rings (SSSR count). The van der Waals surface area contributed by atoms with Crippen molar-refractivity contribution in [2.45, 2.75) is 25.9 Å². The zero-order valence-corrected chi connectivity index (χ0v) is 12.5. The molecule has 6 heteroatoms. The van der Waals surface area contributed by atoms with Crippen molar-refractivity contribution in [3.8, 4) is 0 Å². The van der Waals surface area contributed by atoms with Crippen LogP contribution in [0.5, 0.6) is 0 Å². The van der Waals surface area contributed by atoms with Crippen molar-refractivity contribution in [2.24, 2.45) is 5.73 Å². The van der Waals surface area contributed by atoms with E-state index in [1.54, 1.807) is 6.20 Å². The number of aromatic nitrogens is 2. The molecule has 0 saturated carbocycles. The van der Waals surface area contributed by atoms with Crippen molar-refractivity contribution < 1.29 is 4.42 Å². The van der Waals surface area contributed by atoms with Crippen LogP contribution < -0.4 is 5.73 Å². The van der Waals surface area contributed by atoms with Crippen LogP contribution in [0.4, 0.5) is 0 Å². The van der Waals surface area contributed by atoms with E-state index in [1.807, 2.05) is 16.8 Å². The molecule has 0 bridgehead atoms. The standard InChI is InChI=1S/C11H13Br2N3O/c1-2-5-16-11(7(12)6-15-16)10(14)8-3-4-9(13)17-8/h3-4,6,10H,2,5,14H2,1H3. The first-order chi connectivity index (χ1) is 8.13. The van der Waals surface area contributed by atoms with Gasteiger partial charge in [-0.3, -0.25) is 4.68 Å². The molecule has 92 valence electrons. The molecule has 4 nitrogen and oxygen atoms in total. The van der Waals surface area contributed by atoms with Crippen LogP contribution in [0, 0.1) is 0 Å². The van der Waals surface area contributed by atoms with Gasteiger partial charge in [-0.2, -0.15) is 5.10 Å². The number of furan rings is 1. The van der Waals surface area contributed by atoms with Gasteiger partial charge in [0.1, 0.15) is 11.8 Å². The van der Waals surface area contributed by atoms with E-state index in [0.29, 0.717) is 4.67 Å². The number of rotatable bonds is 4. The smallest absolute Gasteiger partial charge is 0.169 e. The van der Waals surface area contributed by atoms with E-state index in [9.17, 15) is 0 Å². The third kappa shape index (κ3) is 2.64. The van der Waals surface area contributed by atoms with Gasteiger partial charge in [-0.05, 0) is 50.4 Å². The van der Waals surface area contributed by atoms with E-state index >= 15 is 0 Å². The fraction of sp³-hybridized carbons (Fsp3) is 0.364. The molecule has 0 fully saturated rings. The molecule has 0 spiro atoms. The Balaban J connectivity index is 2.35. The highest BCUT2D eigenvalue weighted by Crippen LogP contribution is 2.29. The Bertz CT molecular complexity index is 507. The molecule has 0 amide bonds. The van der Waals surface area contributed by atoms with E-state index in [1.165, 1.54) is 0 Å². The maximum absolute atomic E-state index is 6.20. The Morgan fingerprint density at radius 1 is 1.47 bits per heavy atom. The number of halogens is 2. The maximum atomic E-state index is 6.20. The largest absolute Gasteiger partial charge is 0.452 e. The molecule has 2 N–H and O–H groups in total. The normalized spacial score (nSPS) is 12.9. The lowest BCUT2D eigenvalue weighted by atomic mass is 10.1. The molecule has 0 aliphatic heterocycles. The average Bonchev–Trinajstić information content (AvgIpc) is 2.86. The Morgan fingerprint density at radius 2 is 2.24 bits per heavy atom. The zero-order chi connectivity index (χ0) is 12.4. The summed E-state index contributed by atoms with van der Waals surface area (Å²) in [6, 6.07) is 3.39. The highest BCUT2D eigenvalue weighted by molar-refractivity contribution is 9.10. The van der Waals surface area contributed by atoms with Crippen LogP contribution >= 0.6 is 31.9 Å². The lowest BCUT2D eigenvalue weighted by Gasteiger charge is -2.12. The first kappa shape index (κ1) is 12.9. The fourth-order valence-electron chi connectivity index (χ4n) is 1.70. The van der Waals surface area contributed by atoms with Gasteiger partial charge < -0.3 is 10.2 Å². The second-order valence-corrected chi connectivity index (χ2v) is 5.36. The van der Waals surface area contributed by atoms with Crippen molar-refractivity contribution in [2.75, 3.05) is 0 Å². The summed E-state index contributed by atoms with van der Waals surface area (Å²) in [5.74, 6) is 0.718. The Morgan fingerprint density at radius 3 is 2.82 bits per heavy atom. The summed E-state index contributed by atoms with van der Waals surface area (Å²) >= 11 is 6.75. The Hall–Kier alpha value is -0.590. The van der Waals surface area contributed by atoms with Gasteiger partial charge in [-0.25, -0.2) is 0 Å². The van der Waals surface area contributed by atoms with E-state index in [0.717, 1.165) is 28.9 Å². The van der Waals surface area contributed by atoms with Gasteiger partial charge in [0.05, 0.1) is 16.4 Å². The van der Waals surface area contributed by atoms with Gasteiger partial charge in [0.15, 0.2) is 4.67 Å². The summed E-state index contributed by atoms with van der Waals surface area (Å²) in [7, 11) is 0. The first-order valence-electron chi connectivity index (χ1n) is 5.35. The minimum absolute atomic E-state index is 0.315. The van der Waals surface area contributed by atoms with Crippen LogP contribution in [0.25, 0.3) is 0 Å². The van der Waals surface area contributed by atoms with E-state index in [-0.39, 0.29) is 6.04 Å². The first-order valence-corrected chi connectivity index (χ1v) is 6.94. The quantitative estimate of drug-likeness (QED) is 0.905.